The molecule has 0 fully saturated rings. The quantitative estimate of drug-likeness (QED) is 0.708. The predicted molar refractivity (Wildman–Crippen MR) is 75.4 cm³/mol. The number of nitrogens with zero attached hydrogens (tertiary/aromatic N) is 4. The summed E-state index contributed by atoms with van der Waals surface area (Å²) in [5.41, 5.74) is 4.05. The number of aromatic nitrogens is 3. The molecule has 94 valence electrons. The number of pyridine rings is 3. The average molecular weight is 258 g/mol. The topological polar surface area (TPSA) is 62.5 Å². The first-order valence-electron chi connectivity index (χ1n) is 6.09. The smallest absolute Gasteiger partial charge is 0.0999 e. The molecule has 0 bridgehead atoms. The van der Waals surface area contributed by atoms with Gasteiger partial charge in [-0.25, -0.2) is 0 Å². The highest BCUT2D eigenvalue weighted by molar-refractivity contribution is 5.72. The van der Waals surface area contributed by atoms with Gasteiger partial charge in [0, 0.05) is 42.1 Å². The third-order valence-corrected chi connectivity index (χ3v) is 2.99. The lowest BCUT2D eigenvalue weighted by Gasteiger charge is -2.06. The Morgan fingerprint density at radius 2 is 1.45 bits per heavy atom. The van der Waals surface area contributed by atoms with E-state index in [2.05, 4.69) is 21.0 Å². The van der Waals surface area contributed by atoms with Crippen molar-refractivity contribution in [1.29, 1.82) is 5.26 Å². The molecule has 0 atom stereocenters. The molecule has 0 N–H and O–H groups in total. The summed E-state index contributed by atoms with van der Waals surface area (Å²) in [5, 5.41) is 9.35. The fourth-order valence-electron chi connectivity index (χ4n) is 1.99. The van der Waals surface area contributed by atoms with Crippen molar-refractivity contribution < 1.29 is 0 Å². The molecule has 0 aliphatic rings. The van der Waals surface area contributed by atoms with E-state index in [-0.39, 0.29) is 0 Å². The van der Waals surface area contributed by atoms with E-state index in [0.717, 1.165) is 22.4 Å². The normalized spacial score (nSPS) is 9.95. The molecular weight excluding hydrogens is 248 g/mol. The van der Waals surface area contributed by atoms with Crippen LogP contribution in [0.3, 0.4) is 0 Å². The summed E-state index contributed by atoms with van der Waals surface area (Å²) < 4.78 is 0. The van der Waals surface area contributed by atoms with Gasteiger partial charge in [-0.05, 0) is 35.9 Å². The monoisotopic (exact) mass is 258 g/mol. The molecule has 3 rings (SSSR count). The molecule has 4 nitrogen and oxygen atoms in total. The second-order valence-corrected chi connectivity index (χ2v) is 4.20. The lowest BCUT2D eigenvalue weighted by Crippen LogP contribution is -1.90. The van der Waals surface area contributed by atoms with Crippen LogP contribution in [0.15, 0.2) is 61.3 Å². The lowest BCUT2D eigenvalue weighted by molar-refractivity contribution is 1.27. The molecule has 0 spiro atoms. The van der Waals surface area contributed by atoms with Gasteiger partial charge in [-0.3, -0.25) is 15.0 Å². The summed E-state index contributed by atoms with van der Waals surface area (Å²) in [4.78, 5) is 12.4. The summed E-state index contributed by atoms with van der Waals surface area (Å²) in [5.74, 6) is 0. The van der Waals surface area contributed by atoms with Gasteiger partial charge in [-0.2, -0.15) is 5.26 Å². The van der Waals surface area contributed by atoms with Crippen molar-refractivity contribution in [3.05, 3.63) is 66.9 Å². The van der Waals surface area contributed by atoms with Crippen LogP contribution in [0.25, 0.3) is 22.4 Å². The van der Waals surface area contributed by atoms with Gasteiger partial charge < -0.3 is 0 Å². The molecule has 0 saturated carbocycles. The second-order valence-electron chi connectivity index (χ2n) is 4.20. The zero-order chi connectivity index (χ0) is 13.8. The molecule has 3 heterocycles. The molecule has 0 aliphatic carbocycles. The highest BCUT2D eigenvalue weighted by Gasteiger charge is 2.08. The summed E-state index contributed by atoms with van der Waals surface area (Å²) in [6.07, 6.45) is 8.55. The first-order chi connectivity index (χ1) is 9.88. The van der Waals surface area contributed by atoms with Gasteiger partial charge in [-0.1, -0.05) is 0 Å². The van der Waals surface area contributed by atoms with Gasteiger partial charge in [0.1, 0.15) is 0 Å². The van der Waals surface area contributed by atoms with Crippen molar-refractivity contribution >= 4 is 0 Å². The van der Waals surface area contributed by atoms with Crippen molar-refractivity contribution in [2.75, 3.05) is 0 Å². The molecular formula is C16H10N4. The van der Waals surface area contributed by atoms with Gasteiger partial charge in [0.05, 0.1) is 17.3 Å². The third-order valence-electron chi connectivity index (χ3n) is 2.99. The molecule has 3 aromatic heterocycles. The summed E-state index contributed by atoms with van der Waals surface area (Å²) in [6, 6.07) is 11.5. The Kier molecular flexibility index (Phi) is 3.17. The standard InChI is InChI=1S/C16H10N4/c17-10-14-9-16(13-3-7-19-8-4-13)20-11-15(14)12-1-5-18-6-2-12/h1-9,11H. The summed E-state index contributed by atoms with van der Waals surface area (Å²) in [6.45, 7) is 0. The molecule has 20 heavy (non-hydrogen) atoms. The van der Waals surface area contributed by atoms with Crippen molar-refractivity contribution in [3.8, 4) is 28.5 Å². The Balaban J connectivity index is 2.11. The Morgan fingerprint density at radius 1 is 0.850 bits per heavy atom. The van der Waals surface area contributed by atoms with Gasteiger partial charge in [0.15, 0.2) is 0 Å². The lowest BCUT2D eigenvalue weighted by atomic mass is 10.0. The van der Waals surface area contributed by atoms with E-state index in [0.29, 0.717) is 5.56 Å². The number of nitriles is 1. The van der Waals surface area contributed by atoms with Crippen LogP contribution >= 0.6 is 0 Å². The molecule has 0 amide bonds. The predicted octanol–water partition coefficient (Wildman–Crippen LogP) is 3.08. The molecule has 0 aromatic carbocycles. The van der Waals surface area contributed by atoms with Crippen molar-refractivity contribution in [2.24, 2.45) is 0 Å². The van der Waals surface area contributed by atoms with E-state index >= 15 is 0 Å². The highest BCUT2D eigenvalue weighted by Crippen LogP contribution is 2.25. The Bertz CT molecular complexity index is 761. The van der Waals surface area contributed by atoms with Crippen LogP contribution in [0, 0.1) is 11.3 Å². The van der Waals surface area contributed by atoms with Crippen molar-refractivity contribution in [1.82, 2.24) is 15.0 Å². The van der Waals surface area contributed by atoms with Crippen LogP contribution in [-0.2, 0) is 0 Å². The summed E-state index contributed by atoms with van der Waals surface area (Å²) >= 11 is 0. The van der Waals surface area contributed by atoms with Gasteiger partial charge in [-0.15, -0.1) is 0 Å². The van der Waals surface area contributed by atoms with Gasteiger partial charge >= 0.3 is 0 Å². The summed E-state index contributed by atoms with van der Waals surface area (Å²) in [7, 11) is 0. The zero-order valence-corrected chi connectivity index (χ0v) is 10.6. The SMILES string of the molecule is N#Cc1cc(-c2ccncc2)ncc1-c1ccncc1. The van der Waals surface area contributed by atoms with Crippen LogP contribution in [-0.4, -0.2) is 15.0 Å². The number of rotatable bonds is 2. The van der Waals surface area contributed by atoms with E-state index in [9.17, 15) is 5.26 Å². The van der Waals surface area contributed by atoms with Crippen LogP contribution in [0.5, 0.6) is 0 Å². The number of hydrogen-bond donors (Lipinski definition) is 0. The van der Waals surface area contributed by atoms with Gasteiger partial charge in [0.2, 0.25) is 0 Å². The maximum Gasteiger partial charge on any atom is 0.0999 e. The Morgan fingerprint density at radius 3 is 2.05 bits per heavy atom. The molecule has 0 aliphatic heterocycles. The Hall–Kier alpha value is -3.06. The minimum atomic E-state index is 0.595. The van der Waals surface area contributed by atoms with Crippen LogP contribution in [0.1, 0.15) is 5.56 Å². The van der Waals surface area contributed by atoms with Crippen molar-refractivity contribution in [2.45, 2.75) is 0 Å². The maximum atomic E-state index is 9.35. The van der Waals surface area contributed by atoms with Crippen LogP contribution < -0.4 is 0 Å². The molecule has 0 unspecified atom stereocenters. The second kappa shape index (κ2) is 5.29. The highest BCUT2D eigenvalue weighted by atomic mass is 14.7. The first-order valence-corrected chi connectivity index (χ1v) is 6.09. The van der Waals surface area contributed by atoms with E-state index in [1.54, 1.807) is 37.1 Å². The minimum absolute atomic E-state index is 0.595. The van der Waals surface area contributed by atoms with E-state index < -0.39 is 0 Å². The fourth-order valence-corrected chi connectivity index (χ4v) is 1.99. The Labute approximate surface area is 116 Å². The van der Waals surface area contributed by atoms with E-state index in [1.165, 1.54) is 0 Å². The largest absolute Gasteiger partial charge is 0.265 e. The fraction of sp³-hybridized carbons (Fsp3) is 0. The van der Waals surface area contributed by atoms with E-state index in [1.807, 2.05) is 24.3 Å². The van der Waals surface area contributed by atoms with Crippen LogP contribution in [0.2, 0.25) is 0 Å². The third kappa shape index (κ3) is 2.25. The average Bonchev–Trinajstić information content (AvgIpc) is 2.56. The number of hydrogen-bond acceptors (Lipinski definition) is 4. The molecule has 0 saturated heterocycles. The maximum absolute atomic E-state index is 9.35. The molecule has 4 heteroatoms. The zero-order valence-electron chi connectivity index (χ0n) is 10.6. The molecule has 0 radical (unpaired) electrons. The van der Waals surface area contributed by atoms with Crippen molar-refractivity contribution in [3.63, 3.8) is 0 Å². The molecule has 3 aromatic rings. The van der Waals surface area contributed by atoms with E-state index in [4.69, 9.17) is 0 Å². The minimum Gasteiger partial charge on any atom is -0.265 e. The van der Waals surface area contributed by atoms with Gasteiger partial charge in [0.25, 0.3) is 0 Å². The first kappa shape index (κ1) is 12.0. The van der Waals surface area contributed by atoms with Crippen LogP contribution in [0.4, 0.5) is 0 Å².